The Bertz CT molecular complexity index is 1350. The lowest BCUT2D eigenvalue weighted by atomic mass is 10.0. The Morgan fingerprint density at radius 1 is 1.23 bits per heavy atom. The summed E-state index contributed by atoms with van der Waals surface area (Å²) in [5, 5.41) is 6.78. The Kier molecular flexibility index (Phi) is 9.40. The molecule has 0 bridgehead atoms. The van der Waals surface area contributed by atoms with Crippen LogP contribution in [0.25, 0.3) is 10.9 Å². The number of aryl methyl sites for hydroxylation is 1. The predicted octanol–water partition coefficient (Wildman–Crippen LogP) is 3.88. The summed E-state index contributed by atoms with van der Waals surface area (Å²) in [5.74, 6) is 2.23. The zero-order valence-corrected chi connectivity index (χ0v) is 23.6. The summed E-state index contributed by atoms with van der Waals surface area (Å²) >= 11 is 0. The Hall–Kier alpha value is -3.66. The molecule has 0 aliphatic carbocycles. The van der Waals surface area contributed by atoms with Gasteiger partial charge >= 0.3 is 0 Å². The first kappa shape index (κ1) is 28.4. The standard InChI is InChI=1S/C27H34N6O4.C2H6/c1-17-5-4-8-32(12-17)27-29-11-18(2)25(31-27)30-21-6-7-22-20(9-21)10-23(37-16-24(34)28-3)26(35)33(22)13-19-14-36-15-19;1-2/h6-7,9-11,17,19H,4-5,8,12-16H2,1-3H3,(H,28,34)(H,29,30,31);1-2H3. The third-order valence-electron chi connectivity index (χ3n) is 7.01. The number of ether oxygens (including phenoxy) is 2. The molecule has 0 spiro atoms. The van der Waals surface area contributed by atoms with Crippen molar-refractivity contribution in [3.63, 3.8) is 0 Å². The number of likely N-dealkylation sites (N-methyl/N-ethyl adjacent to an activating group) is 1. The number of carbonyl (C=O) groups excluding carboxylic acids is 1. The molecule has 210 valence electrons. The van der Waals surface area contributed by atoms with Gasteiger partial charge in [-0.25, -0.2) is 4.98 Å². The zero-order chi connectivity index (χ0) is 27.9. The van der Waals surface area contributed by atoms with Crippen molar-refractivity contribution < 1.29 is 14.3 Å². The maximum atomic E-state index is 13.2. The van der Waals surface area contributed by atoms with Crippen LogP contribution >= 0.6 is 0 Å². The molecule has 4 heterocycles. The maximum Gasteiger partial charge on any atom is 0.293 e. The monoisotopic (exact) mass is 536 g/mol. The number of pyridine rings is 1. The van der Waals surface area contributed by atoms with Crippen molar-refractivity contribution >= 4 is 34.3 Å². The molecular formula is C29H40N6O4. The third kappa shape index (κ3) is 6.68. The van der Waals surface area contributed by atoms with E-state index in [9.17, 15) is 9.59 Å². The molecule has 39 heavy (non-hydrogen) atoms. The Balaban J connectivity index is 0.00000172. The highest BCUT2D eigenvalue weighted by Crippen LogP contribution is 2.27. The minimum Gasteiger partial charge on any atom is -0.478 e. The molecule has 2 aliphatic heterocycles. The van der Waals surface area contributed by atoms with E-state index in [1.807, 2.05) is 45.2 Å². The molecule has 1 amide bonds. The number of amides is 1. The fourth-order valence-electron chi connectivity index (χ4n) is 4.81. The van der Waals surface area contributed by atoms with Gasteiger partial charge in [0.2, 0.25) is 5.95 Å². The van der Waals surface area contributed by atoms with Gasteiger partial charge in [-0.3, -0.25) is 9.59 Å². The number of rotatable bonds is 8. The highest BCUT2D eigenvalue weighted by atomic mass is 16.5. The van der Waals surface area contributed by atoms with Gasteiger partial charge in [0.05, 0.1) is 18.7 Å². The Morgan fingerprint density at radius 3 is 2.72 bits per heavy atom. The molecule has 10 heteroatoms. The van der Waals surface area contributed by atoms with Gasteiger partial charge in [-0.05, 0) is 49.9 Å². The largest absolute Gasteiger partial charge is 0.478 e. The first-order valence-corrected chi connectivity index (χ1v) is 13.9. The van der Waals surface area contributed by atoms with E-state index in [1.165, 1.54) is 13.5 Å². The van der Waals surface area contributed by atoms with Gasteiger partial charge in [0.25, 0.3) is 11.5 Å². The van der Waals surface area contributed by atoms with Gasteiger partial charge in [0.15, 0.2) is 12.4 Å². The molecule has 10 nitrogen and oxygen atoms in total. The van der Waals surface area contributed by atoms with Crippen LogP contribution in [0, 0.1) is 18.8 Å². The molecule has 2 aromatic heterocycles. The lowest BCUT2D eigenvalue weighted by molar-refractivity contribution is -0.122. The number of fused-ring (bicyclic) bond motifs is 1. The third-order valence-corrected chi connectivity index (χ3v) is 7.01. The highest BCUT2D eigenvalue weighted by molar-refractivity contribution is 5.85. The van der Waals surface area contributed by atoms with Gasteiger partial charge in [-0.1, -0.05) is 20.8 Å². The van der Waals surface area contributed by atoms with Crippen molar-refractivity contribution in [1.82, 2.24) is 19.9 Å². The van der Waals surface area contributed by atoms with E-state index < -0.39 is 0 Å². The van der Waals surface area contributed by atoms with Crippen LogP contribution in [0.4, 0.5) is 17.5 Å². The van der Waals surface area contributed by atoms with Crippen molar-refractivity contribution in [3.05, 3.63) is 46.4 Å². The first-order chi connectivity index (χ1) is 18.9. The van der Waals surface area contributed by atoms with Crippen LogP contribution in [0.2, 0.25) is 0 Å². The van der Waals surface area contributed by atoms with Crippen LogP contribution in [0.5, 0.6) is 5.75 Å². The number of hydrogen-bond donors (Lipinski definition) is 2. The maximum absolute atomic E-state index is 13.2. The zero-order valence-electron chi connectivity index (χ0n) is 23.6. The van der Waals surface area contributed by atoms with Gasteiger partial charge in [0, 0.05) is 55.4 Å². The summed E-state index contributed by atoms with van der Waals surface area (Å²) in [5.41, 5.74) is 2.33. The van der Waals surface area contributed by atoms with Crippen molar-refractivity contribution in [2.75, 3.05) is 50.2 Å². The number of anilines is 3. The van der Waals surface area contributed by atoms with Gasteiger partial charge < -0.3 is 29.6 Å². The number of piperidine rings is 1. The quantitative estimate of drug-likeness (QED) is 0.446. The van der Waals surface area contributed by atoms with E-state index in [4.69, 9.17) is 14.5 Å². The Labute approximate surface area is 229 Å². The molecule has 0 saturated carbocycles. The van der Waals surface area contributed by atoms with E-state index in [-0.39, 0.29) is 29.7 Å². The lowest BCUT2D eigenvalue weighted by Crippen LogP contribution is -2.36. The summed E-state index contributed by atoms with van der Waals surface area (Å²) in [6.07, 6.45) is 4.23. The first-order valence-electron chi connectivity index (χ1n) is 13.9. The fraction of sp³-hybridized carbons (Fsp3) is 0.517. The smallest absolute Gasteiger partial charge is 0.293 e. The van der Waals surface area contributed by atoms with E-state index in [0.717, 1.165) is 53.4 Å². The van der Waals surface area contributed by atoms with Gasteiger partial charge in [0.1, 0.15) is 5.82 Å². The lowest BCUT2D eigenvalue weighted by Gasteiger charge is -2.31. The average molecular weight is 537 g/mol. The van der Waals surface area contributed by atoms with Crippen LogP contribution in [0.15, 0.2) is 35.3 Å². The number of nitrogens with zero attached hydrogens (tertiary/aromatic N) is 4. The van der Waals surface area contributed by atoms with E-state index in [0.29, 0.717) is 25.7 Å². The fourth-order valence-corrected chi connectivity index (χ4v) is 4.81. The number of aromatic nitrogens is 3. The highest BCUT2D eigenvalue weighted by Gasteiger charge is 2.22. The molecular weight excluding hydrogens is 496 g/mol. The van der Waals surface area contributed by atoms with Crippen LogP contribution in [-0.2, 0) is 16.1 Å². The topological polar surface area (TPSA) is 111 Å². The Morgan fingerprint density at radius 2 is 2.03 bits per heavy atom. The van der Waals surface area contributed by atoms with E-state index in [1.54, 1.807) is 10.6 Å². The van der Waals surface area contributed by atoms with Crippen molar-refractivity contribution in [3.8, 4) is 5.75 Å². The number of hydrogen-bond acceptors (Lipinski definition) is 8. The summed E-state index contributed by atoms with van der Waals surface area (Å²) in [7, 11) is 1.53. The van der Waals surface area contributed by atoms with Gasteiger partial charge in [-0.2, -0.15) is 4.98 Å². The number of benzene rings is 1. The summed E-state index contributed by atoms with van der Waals surface area (Å²) in [4.78, 5) is 36.6. The summed E-state index contributed by atoms with van der Waals surface area (Å²) in [6.45, 7) is 11.7. The molecule has 0 radical (unpaired) electrons. The van der Waals surface area contributed by atoms with Crippen molar-refractivity contribution in [2.45, 2.75) is 47.1 Å². The van der Waals surface area contributed by atoms with Gasteiger partial charge in [-0.15, -0.1) is 0 Å². The second-order valence-electron chi connectivity index (χ2n) is 10.1. The number of nitrogens with one attached hydrogen (secondary N) is 2. The number of carbonyl (C=O) groups is 1. The van der Waals surface area contributed by atoms with Crippen LogP contribution in [0.1, 0.15) is 39.2 Å². The summed E-state index contributed by atoms with van der Waals surface area (Å²) in [6, 6.07) is 7.56. The second kappa shape index (κ2) is 12.9. The van der Waals surface area contributed by atoms with Crippen LogP contribution in [-0.4, -0.2) is 60.4 Å². The average Bonchev–Trinajstić information content (AvgIpc) is 2.92. The molecule has 1 aromatic carbocycles. The SMILES string of the molecule is CC.CNC(=O)COc1cc2cc(Nc3nc(N4CCCC(C)C4)ncc3C)ccc2n(CC2COC2)c1=O. The minimum atomic E-state index is -0.299. The second-order valence-corrected chi connectivity index (χ2v) is 10.1. The van der Waals surface area contributed by atoms with Crippen molar-refractivity contribution in [1.29, 1.82) is 0 Å². The molecule has 2 fully saturated rings. The molecule has 5 rings (SSSR count). The normalized spacial score (nSPS) is 17.2. The van der Waals surface area contributed by atoms with Crippen LogP contribution < -0.4 is 25.8 Å². The minimum absolute atomic E-state index is 0.146. The summed E-state index contributed by atoms with van der Waals surface area (Å²) < 4.78 is 12.7. The molecule has 3 aromatic rings. The molecule has 1 unspecified atom stereocenters. The van der Waals surface area contributed by atoms with Crippen molar-refractivity contribution in [2.24, 2.45) is 11.8 Å². The van der Waals surface area contributed by atoms with E-state index in [2.05, 4.69) is 27.4 Å². The molecule has 2 saturated heterocycles. The van der Waals surface area contributed by atoms with E-state index >= 15 is 0 Å². The predicted molar refractivity (Wildman–Crippen MR) is 154 cm³/mol. The molecule has 1 atom stereocenters. The molecule has 2 aliphatic rings. The van der Waals surface area contributed by atoms with Crippen LogP contribution in [0.3, 0.4) is 0 Å². The molecule has 2 N–H and O–H groups in total.